The second kappa shape index (κ2) is 6.17. The third kappa shape index (κ3) is 3.49. The standard InChI is InChI=1S/C11H24NO/c1-5-8-12(9-6-2,10-7-3)11(4)13/h5,11,13H,1,6-10H2,2-4H3/q+1. The molecule has 2 nitrogen and oxygen atoms in total. The van der Waals surface area contributed by atoms with Crippen molar-refractivity contribution in [2.24, 2.45) is 0 Å². The molecule has 0 aliphatic heterocycles. The van der Waals surface area contributed by atoms with Gasteiger partial charge in [0.15, 0.2) is 6.23 Å². The van der Waals surface area contributed by atoms with Crippen molar-refractivity contribution >= 4 is 0 Å². The molecule has 0 spiro atoms. The molecule has 0 heterocycles. The molecule has 2 heteroatoms. The molecule has 0 amide bonds. The molecule has 0 saturated heterocycles. The van der Waals surface area contributed by atoms with Crippen LogP contribution in [0.1, 0.15) is 33.6 Å². The molecule has 1 atom stereocenters. The van der Waals surface area contributed by atoms with E-state index in [9.17, 15) is 5.11 Å². The molecule has 0 rings (SSSR count). The summed E-state index contributed by atoms with van der Waals surface area (Å²) < 4.78 is 0.774. The molecule has 13 heavy (non-hydrogen) atoms. The van der Waals surface area contributed by atoms with Crippen LogP contribution in [0.15, 0.2) is 12.7 Å². The normalized spacial score (nSPS) is 14.2. The Balaban J connectivity index is 4.47. The van der Waals surface area contributed by atoms with Gasteiger partial charge in [0.25, 0.3) is 0 Å². The maximum atomic E-state index is 9.78. The summed E-state index contributed by atoms with van der Waals surface area (Å²) in [6.07, 6.45) is 3.85. The molecule has 0 aliphatic carbocycles. The molecule has 78 valence electrons. The van der Waals surface area contributed by atoms with E-state index in [2.05, 4.69) is 20.4 Å². The van der Waals surface area contributed by atoms with E-state index in [1.165, 1.54) is 0 Å². The van der Waals surface area contributed by atoms with Crippen LogP contribution >= 0.6 is 0 Å². The fourth-order valence-corrected chi connectivity index (χ4v) is 1.97. The van der Waals surface area contributed by atoms with Gasteiger partial charge in [-0.25, -0.2) is 0 Å². The first kappa shape index (κ1) is 12.7. The maximum absolute atomic E-state index is 9.78. The number of nitrogens with zero attached hydrogens (tertiary/aromatic N) is 1. The van der Waals surface area contributed by atoms with Gasteiger partial charge in [0, 0.05) is 6.92 Å². The van der Waals surface area contributed by atoms with Crippen molar-refractivity contribution in [3.05, 3.63) is 12.7 Å². The Bertz CT molecular complexity index is 137. The number of hydrogen-bond donors (Lipinski definition) is 1. The van der Waals surface area contributed by atoms with Gasteiger partial charge in [-0.15, -0.1) is 0 Å². The van der Waals surface area contributed by atoms with Crippen molar-refractivity contribution < 1.29 is 9.59 Å². The minimum absolute atomic E-state index is 0.280. The zero-order chi connectivity index (χ0) is 10.3. The topological polar surface area (TPSA) is 20.2 Å². The minimum Gasteiger partial charge on any atom is -0.345 e. The third-order valence-electron chi connectivity index (χ3n) is 2.62. The number of aliphatic hydroxyl groups excluding tert-OH is 1. The predicted octanol–water partition coefficient (Wildman–Crippen LogP) is 2.15. The van der Waals surface area contributed by atoms with E-state index < -0.39 is 0 Å². The van der Waals surface area contributed by atoms with Gasteiger partial charge in [-0.2, -0.15) is 0 Å². The quantitative estimate of drug-likeness (QED) is 0.367. The Labute approximate surface area is 82.5 Å². The molecule has 0 aliphatic rings. The first-order valence-electron chi connectivity index (χ1n) is 5.27. The van der Waals surface area contributed by atoms with Crippen LogP contribution < -0.4 is 0 Å². The first-order chi connectivity index (χ1) is 6.13. The highest BCUT2D eigenvalue weighted by Crippen LogP contribution is 2.14. The molecule has 1 unspecified atom stereocenters. The van der Waals surface area contributed by atoms with Crippen LogP contribution in [0.3, 0.4) is 0 Å². The van der Waals surface area contributed by atoms with Crippen molar-refractivity contribution in [3.63, 3.8) is 0 Å². The lowest BCUT2D eigenvalue weighted by Gasteiger charge is -2.40. The van der Waals surface area contributed by atoms with Crippen molar-refractivity contribution in [1.82, 2.24) is 0 Å². The summed E-state index contributed by atoms with van der Waals surface area (Å²) in [5.41, 5.74) is 0. The number of quaternary nitrogens is 1. The summed E-state index contributed by atoms with van der Waals surface area (Å²) >= 11 is 0. The highest BCUT2D eigenvalue weighted by Gasteiger charge is 2.29. The largest absolute Gasteiger partial charge is 0.345 e. The zero-order valence-electron chi connectivity index (χ0n) is 9.29. The van der Waals surface area contributed by atoms with Crippen LogP contribution in [-0.2, 0) is 0 Å². The summed E-state index contributed by atoms with van der Waals surface area (Å²) in [6, 6.07) is 0. The van der Waals surface area contributed by atoms with E-state index in [4.69, 9.17) is 0 Å². The van der Waals surface area contributed by atoms with Gasteiger partial charge in [-0.05, 0) is 18.9 Å². The molecular formula is C11H24NO+. The van der Waals surface area contributed by atoms with E-state index in [1.807, 2.05) is 13.0 Å². The number of rotatable bonds is 7. The van der Waals surface area contributed by atoms with E-state index in [0.29, 0.717) is 0 Å². The van der Waals surface area contributed by atoms with Crippen LogP contribution in [0.5, 0.6) is 0 Å². The van der Waals surface area contributed by atoms with E-state index in [0.717, 1.165) is 37.0 Å². The molecule has 0 radical (unpaired) electrons. The van der Waals surface area contributed by atoms with Crippen LogP contribution in [0.2, 0.25) is 0 Å². The Morgan fingerprint density at radius 2 is 1.77 bits per heavy atom. The van der Waals surface area contributed by atoms with Gasteiger partial charge in [0.2, 0.25) is 0 Å². The van der Waals surface area contributed by atoms with E-state index >= 15 is 0 Å². The summed E-state index contributed by atoms with van der Waals surface area (Å²) in [4.78, 5) is 0. The second-order valence-electron chi connectivity index (χ2n) is 3.77. The highest BCUT2D eigenvalue weighted by molar-refractivity contribution is 4.66. The van der Waals surface area contributed by atoms with Crippen LogP contribution in [0.25, 0.3) is 0 Å². The fourth-order valence-electron chi connectivity index (χ4n) is 1.97. The second-order valence-corrected chi connectivity index (χ2v) is 3.77. The summed E-state index contributed by atoms with van der Waals surface area (Å²) in [6.45, 7) is 12.9. The minimum atomic E-state index is -0.280. The Morgan fingerprint density at radius 3 is 2.00 bits per heavy atom. The lowest BCUT2D eigenvalue weighted by Crippen LogP contribution is -2.55. The summed E-state index contributed by atoms with van der Waals surface area (Å²) in [5.74, 6) is 0. The highest BCUT2D eigenvalue weighted by atomic mass is 16.3. The fraction of sp³-hybridized carbons (Fsp3) is 0.818. The number of aliphatic hydroxyl groups is 1. The first-order valence-corrected chi connectivity index (χ1v) is 5.27. The third-order valence-corrected chi connectivity index (χ3v) is 2.62. The smallest absolute Gasteiger partial charge is 0.187 e. The van der Waals surface area contributed by atoms with E-state index in [1.54, 1.807) is 0 Å². The average molecular weight is 186 g/mol. The zero-order valence-corrected chi connectivity index (χ0v) is 9.29. The van der Waals surface area contributed by atoms with Crippen LogP contribution in [0, 0.1) is 0 Å². The van der Waals surface area contributed by atoms with Crippen molar-refractivity contribution in [2.75, 3.05) is 19.6 Å². The molecule has 0 aromatic carbocycles. The molecule has 1 N–H and O–H groups in total. The van der Waals surface area contributed by atoms with Crippen molar-refractivity contribution in [3.8, 4) is 0 Å². The molecule has 0 saturated carbocycles. The number of hydrogen-bond acceptors (Lipinski definition) is 1. The summed E-state index contributed by atoms with van der Waals surface area (Å²) in [5, 5.41) is 9.78. The molecule has 0 fully saturated rings. The Kier molecular flexibility index (Phi) is 6.00. The van der Waals surface area contributed by atoms with E-state index in [-0.39, 0.29) is 6.23 Å². The van der Waals surface area contributed by atoms with Gasteiger partial charge in [0.05, 0.1) is 19.6 Å². The Morgan fingerprint density at radius 1 is 1.31 bits per heavy atom. The lowest BCUT2D eigenvalue weighted by molar-refractivity contribution is -0.964. The van der Waals surface area contributed by atoms with Gasteiger partial charge in [-0.3, -0.25) is 4.48 Å². The Hall–Kier alpha value is -0.340. The van der Waals surface area contributed by atoms with Gasteiger partial charge >= 0.3 is 0 Å². The average Bonchev–Trinajstić information content (AvgIpc) is 2.05. The molecular weight excluding hydrogens is 162 g/mol. The molecule has 0 aromatic heterocycles. The predicted molar refractivity (Wildman–Crippen MR) is 57.3 cm³/mol. The van der Waals surface area contributed by atoms with Gasteiger partial charge < -0.3 is 5.11 Å². The van der Waals surface area contributed by atoms with Crippen LogP contribution in [0.4, 0.5) is 0 Å². The molecule has 0 bridgehead atoms. The van der Waals surface area contributed by atoms with Gasteiger partial charge in [-0.1, -0.05) is 20.4 Å². The maximum Gasteiger partial charge on any atom is 0.187 e. The van der Waals surface area contributed by atoms with Gasteiger partial charge in [0.1, 0.15) is 0 Å². The summed E-state index contributed by atoms with van der Waals surface area (Å²) in [7, 11) is 0. The lowest BCUT2D eigenvalue weighted by atomic mass is 10.2. The molecule has 0 aromatic rings. The van der Waals surface area contributed by atoms with Crippen molar-refractivity contribution in [2.45, 2.75) is 39.8 Å². The van der Waals surface area contributed by atoms with Crippen LogP contribution in [-0.4, -0.2) is 35.5 Å². The monoisotopic (exact) mass is 186 g/mol. The van der Waals surface area contributed by atoms with Crippen molar-refractivity contribution in [1.29, 1.82) is 0 Å². The SMILES string of the molecule is C=CC[N+](CCC)(CCC)C(C)O.